The zero-order chi connectivity index (χ0) is 21.5. The average molecular weight is 452 g/mol. The third-order valence-electron chi connectivity index (χ3n) is 5.66. The minimum Gasteiger partial charge on any atom is -0.345 e. The fraction of sp³-hybridized carbons (Fsp3) is 0.400. The van der Waals surface area contributed by atoms with Crippen molar-refractivity contribution >= 4 is 39.2 Å². The van der Waals surface area contributed by atoms with E-state index in [4.69, 9.17) is 16.4 Å². The molecule has 0 saturated heterocycles. The van der Waals surface area contributed by atoms with Crippen molar-refractivity contribution in [2.24, 2.45) is 13.0 Å². The number of nitrogens with one attached hydrogen (secondary N) is 3. The summed E-state index contributed by atoms with van der Waals surface area (Å²) in [6.45, 7) is 0. The van der Waals surface area contributed by atoms with Gasteiger partial charge in [-0.3, -0.25) is 4.79 Å². The fourth-order valence-corrected chi connectivity index (χ4v) is 6.02. The number of fused-ring (bicyclic) bond motifs is 1. The molecule has 30 heavy (non-hydrogen) atoms. The van der Waals surface area contributed by atoms with Crippen molar-refractivity contribution in [3.63, 3.8) is 0 Å². The summed E-state index contributed by atoms with van der Waals surface area (Å²) in [5.41, 5.74) is 0.831. The normalized spacial score (nSPS) is 24.3. The summed E-state index contributed by atoms with van der Waals surface area (Å²) in [4.78, 5) is 16.7. The number of halogens is 2. The summed E-state index contributed by atoms with van der Waals surface area (Å²) in [6.07, 6.45) is 10.7. The molecule has 1 aliphatic carbocycles. The molecular formula is C20H23ClFN5O2S. The number of amides is 1. The highest BCUT2D eigenvalue weighted by Crippen LogP contribution is 2.33. The lowest BCUT2D eigenvalue weighted by Crippen LogP contribution is -2.38. The van der Waals surface area contributed by atoms with Crippen LogP contribution in [0.4, 0.5) is 10.1 Å². The minimum atomic E-state index is -3.30. The molecule has 1 aliphatic heterocycles. The van der Waals surface area contributed by atoms with Crippen molar-refractivity contribution in [3.05, 3.63) is 46.8 Å². The van der Waals surface area contributed by atoms with Crippen LogP contribution in [-0.2, 0) is 17.0 Å². The van der Waals surface area contributed by atoms with Crippen LogP contribution in [0, 0.1) is 16.6 Å². The first-order valence-corrected chi connectivity index (χ1v) is 11.8. The van der Waals surface area contributed by atoms with Gasteiger partial charge in [-0.15, -0.1) is 0 Å². The molecule has 7 nitrogen and oxygen atoms in total. The van der Waals surface area contributed by atoms with Crippen molar-refractivity contribution in [1.29, 1.82) is 4.78 Å². The number of rotatable bonds is 3. The Labute approximate surface area is 179 Å². The van der Waals surface area contributed by atoms with Gasteiger partial charge in [-0.05, 0) is 24.8 Å². The number of anilines is 1. The van der Waals surface area contributed by atoms with Gasteiger partial charge in [0.05, 0.1) is 4.90 Å². The van der Waals surface area contributed by atoms with E-state index in [-0.39, 0.29) is 27.5 Å². The number of hydrogen-bond acceptors (Lipinski definition) is 4. The smallest absolute Gasteiger partial charge is 0.272 e. The van der Waals surface area contributed by atoms with E-state index < -0.39 is 21.8 Å². The van der Waals surface area contributed by atoms with E-state index in [1.807, 2.05) is 6.08 Å². The first-order chi connectivity index (χ1) is 14.2. The molecule has 0 spiro atoms. The molecule has 2 aliphatic rings. The summed E-state index contributed by atoms with van der Waals surface area (Å²) in [7, 11) is -1.66. The Bertz CT molecular complexity index is 1100. The summed E-state index contributed by atoms with van der Waals surface area (Å²) >= 11 is 5.76. The van der Waals surface area contributed by atoms with Crippen molar-refractivity contribution in [2.75, 3.05) is 5.32 Å². The summed E-state index contributed by atoms with van der Waals surface area (Å²) in [5.74, 6) is -1.01. The Morgan fingerprint density at radius 2 is 2.10 bits per heavy atom. The third kappa shape index (κ3) is 4.14. The summed E-state index contributed by atoms with van der Waals surface area (Å²) < 4.78 is 39.8. The second kappa shape index (κ2) is 8.13. The molecule has 2 aromatic rings. The molecule has 160 valence electrons. The fourth-order valence-electron chi connectivity index (χ4n) is 4.26. The van der Waals surface area contributed by atoms with Gasteiger partial charge in [-0.25, -0.2) is 18.7 Å². The molecular weight excluding hydrogens is 429 g/mol. The van der Waals surface area contributed by atoms with Gasteiger partial charge in [0.1, 0.15) is 20.8 Å². The quantitative estimate of drug-likeness (QED) is 0.605. The molecule has 3 N–H and O–H groups in total. The molecule has 0 radical (unpaired) electrons. The highest BCUT2D eigenvalue weighted by atomic mass is 35.5. The largest absolute Gasteiger partial charge is 0.345 e. The van der Waals surface area contributed by atoms with E-state index in [9.17, 15) is 13.4 Å². The van der Waals surface area contributed by atoms with Gasteiger partial charge in [0.15, 0.2) is 0 Å². The van der Waals surface area contributed by atoms with E-state index in [1.165, 1.54) is 17.1 Å². The van der Waals surface area contributed by atoms with Crippen LogP contribution in [0.5, 0.6) is 0 Å². The Morgan fingerprint density at radius 3 is 2.80 bits per heavy atom. The van der Waals surface area contributed by atoms with Gasteiger partial charge >= 0.3 is 0 Å². The van der Waals surface area contributed by atoms with E-state index >= 15 is 0 Å². The molecule has 1 fully saturated rings. The van der Waals surface area contributed by atoms with Crippen LogP contribution < -0.4 is 10.0 Å². The van der Waals surface area contributed by atoms with E-state index in [2.05, 4.69) is 15.0 Å². The van der Waals surface area contributed by atoms with Crippen molar-refractivity contribution < 1.29 is 13.4 Å². The second-order valence-corrected chi connectivity index (χ2v) is 9.95. The number of nitrogens with zero attached hydrogens (tertiary/aromatic N) is 2. The van der Waals surface area contributed by atoms with Crippen LogP contribution in [-0.4, -0.2) is 25.7 Å². The number of hydrogen-bond donors (Lipinski definition) is 3. The number of aryl methyl sites for hydroxylation is 1. The van der Waals surface area contributed by atoms with Gasteiger partial charge in [0, 0.05) is 36.6 Å². The second-order valence-electron chi connectivity index (χ2n) is 7.78. The monoisotopic (exact) mass is 451 g/mol. The van der Waals surface area contributed by atoms with Crippen molar-refractivity contribution in [2.45, 2.75) is 43.0 Å². The minimum absolute atomic E-state index is 0.0791. The number of aromatic nitrogens is 2. The molecule has 4 rings (SSSR count). The molecule has 2 atom stereocenters. The molecule has 3 heterocycles. The van der Waals surface area contributed by atoms with E-state index in [0.717, 1.165) is 31.7 Å². The first kappa shape index (κ1) is 21.0. The molecule has 10 heteroatoms. The van der Waals surface area contributed by atoms with Gasteiger partial charge in [-0.1, -0.05) is 43.0 Å². The highest BCUT2D eigenvalue weighted by molar-refractivity contribution is 7.90. The maximum Gasteiger partial charge on any atom is 0.272 e. The van der Waals surface area contributed by atoms with Crippen LogP contribution in [0.2, 0.25) is 5.15 Å². The average Bonchev–Trinajstić information content (AvgIpc) is 2.96. The Kier molecular flexibility index (Phi) is 5.69. The van der Waals surface area contributed by atoms with E-state index in [1.54, 1.807) is 19.3 Å². The highest BCUT2D eigenvalue weighted by Gasteiger charge is 2.31. The molecule has 0 bridgehead atoms. The van der Waals surface area contributed by atoms with Crippen LogP contribution in [0.15, 0.2) is 29.3 Å². The van der Waals surface area contributed by atoms with Crippen LogP contribution >= 0.6 is 11.6 Å². The predicted octanol–water partition coefficient (Wildman–Crippen LogP) is 4.35. The maximum atomic E-state index is 13.5. The zero-order valence-corrected chi connectivity index (χ0v) is 18.0. The lowest BCUT2D eigenvalue weighted by atomic mass is 9.84. The summed E-state index contributed by atoms with van der Waals surface area (Å²) in [6, 6.07) is 2.22. The Morgan fingerprint density at radius 1 is 1.37 bits per heavy atom. The summed E-state index contributed by atoms with van der Waals surface area (Å²) in [5, 5.41) is 2.53. The Hall–Kier alpha value is -2.23. The number of pyridine rings is 1. The lowest BCUT2D eigenvalue weighted by Gasteiger charge is -2.28. The molecule has 2 aromatic heterocycles. The standard InChI is InChI=1S/C20H23ClFN5O2S/c1-27-11-16-14(19(27)20(28)24-13-9-17(21)25-18(22)10-13)7-8-15(26-30(16,23)29)12-5-3-2-4-6-12/h7-12,15H,2-6H2,1H3,(H2,23,26,29)(H,24,25,28). The third-order valence-corrected chi connectivity index (χ3v) is 7.40. The molecule has 1 saturated carbocycles. The van der Waals surface area contributed by atoms with Crippen LogP contribution in [0.3, 0.4) is 0 Å². The van der Waals surface area contributed by atoms with Gasteiger partial charge in [0.25, 0.3) is 5.91 Å². The van der Waals surface area contributed by atoms with Crippen LogP contribution in [0.25, 0.3) is 6.08 Å². The van der Waals surface area contributed by atoms with Crippen molar-refractivity contribution in [1.82, 2.24) is 14.3 Å². The molecule has 2 unspecified atom stereocenters. The van der Waals surface area contributed by atoms with Gasteiger partial charge in [-0.2, -0.15) is 4.39 Å². The SMILES string of the molecule is Cn1cc2c(c1C(=O)Nc1cc(F)nc(Cl)c1)C=CC(C1CCCCC1)NS2(=N)=O. The lowest BCUT2D eigenvalue weighted by molar-refractivity contribution is 0.101. The first-order valence-electron chi connectivity index (χ1n) is 9.82. The number of carbonyl (C=O) groups is 1. The number of carbonyl (C=O) groups excluding carboxylic acids is 1. The topological polar surface area (TPSA) is 99.9 Å². The zero-order valence-electron chi connectivity index (χ0n) is 16.5. The predicted molar refractivity (Wildman–Crippen MR) is 114 cm³/mol. The Balaban J connectivity index is 1.69. The maximum absolute atomic E-state index is 13.5. The molecule has 1 amide bonds. The van der Waals surface area contributed by atoms with Gasteiger partial charge < -0.3 is 9.88 Å². The van der Waals surface area contributed by atoms with Gasteiger partial charge in [0.2, 0.25) is 5.95 Å². The van der Waals surface area contributed by atoms with Crippen molar-refractivity contribution in [3.8, 4) is 0 Å². The molecule has 0 aromatic carbocycles. The van der Waals surface area contributed by atoms with Crippen LogP contribution in [0.1, 0.15) is 48.2 Å². The van der Waals surface area contributed by atoms with E-state index in [0.29, 0.717) is 11.5 Å².